The first kappa shape index (κ1) is 32.4. The molecule has 224 valence electrons. The summed E-state index contributed by atoms with van der Waals surface area (Å²) in [6.07, 6.45) is 0.566. The molecule has 0 bridgehead atoms. The van der Waals surface area contributed by atoms with Crippen LogP contribution in [-0.2, 0) is 17.7 Å². The van der Waals surface area contributed by atoms with Crippen molar-refractivity contribution >= 4 is 17.8 Å². The van der Waals surface area contributed by atoms with Gasteiger partial charge in [0, 0.05) is 49.4 Å². The van der Waals surface area contributed by atoms with Gasteiger partial charge in [-0.2, -0.15) is 0 Å². The molecule has 0 heterocycles. The molecule has 0 aliphatic heterocycles. The fraction of sp³-hybridized carbons (Fsp3) is 0.344. The lowest BCUT2D eigenvalue weighted by molar-refractivity contribution is 0.0238. The zero-order valence-electron chi connectivity index (χ0n) is 23.9. The van der Waals surface area contributed by atoms with Crippen molar-refractivity contribution in [3.8, 4) is 0 Å². The predicted octanol–water partition coefficient (Wildman–Crippen LogP) is 4.21. The van der Waals surface area contributed by atoms with Gasteiger partial charge in [-0.15, -0.1) is 0 Å². The molecule has 3 aromatic rings. The van der Waals surface area contributed by atoms with Crippen molar-refractivity contribution in [1.82, 2.24) is 10.2 Å². The van der Waals surface area contributed by atoms with E-state index in [0.717, 1.165) is 24.5 Å². The van der Waals surface area contributed by atoms with Crippen molar-refractivity contribution in [2.24, 2.45) is 11.5 Å². The Morgan fingerprint density at radius 1 is 0.857 bits per heavy atom. The van der Waals surface area contributed by atoms with Gasteiger partial charge in [-0.3, -0.25) is 9.59 Å². The van der Waals surface area contributed by atoms with Crippen molar-refractivity contribution in [3.63, 3.8) is 0 Å². The van der Waals surface area contributed by atoms with Crippen molar-refractivity contribution in [1.29, 1.82) is 0 Å². The second kappa shape index (κ2) is 15.7. The Labute approximate surface area is 245 Å². The highest BCUT2D eigenvalue weighted by atomic mass is 19.1. The summed E-state index contributed by atoms with van der Waals surface area (Å²) < 4.78 is 33.4. The van der Waals surface area contributed by atoms with Crippen LogP contribution < -0.4 is 16.8 Å². The highest BCUT2D eigenvalue weighted by molar-refractivity contribution is 6.03. The van der Waals surface area contributed by atoms with Crippen LogP contribution in [-0.4, -0.2) is 54.5 Å². The van der Waals surface area contributed by atoms with E-state index in [1.165, 1.54) is 30.3 Å². The fourth-order valence-electron chi connectivity index (χ4n) is 4.62. The van der Waals surface area contributed by atoms with Crippen LogP contribution >= 0.6 is 0 Å². The number of hydrogen-bond acceptors (Lipinski definition) is 6. The summed E-state index contributed by atoms with van der Waals surface area (Å²) in [5.41, 5.74) is 13.3. The Kier molecular flexibility index (Phi) is 12.1. The maximum absolute atomic E-state index is 13.8. The molecular formula is C32H38F2N4O4. The molecule has 0 aromatic heterocycles. The number of ether oxygens (including phenoxy) is 1. The van der Waals surface area contributed by atoms with Crippen LogP contribution in [0.4, 0.5) is 8.78 Å². The van der Waals surface area contributed by atoms with Crippen molar-refractivity contribution in [2.45, 2.75) is 51.8 Å². The average Bonchev–Trinajstić information content (AvgIpc) is 2.95. The molecule has 3 rings (SSSR count). The van der Waals surface area contributed by atoms with E-state index in [2.05, 4.69) is 5.32 Å². The number of primary amides is 1. The van der Waals surface area contributed by atoms with Gasteiger partial charge >= 0.3 is 5.97 Å². The minimum Gasteiger partial charge on any atom is -0.456 e. The Hall–Kier alpha value is -4.15. The molecule has 42 heavy (non-hydrogen) atoms. The van der Waals surface area contributed by atoms with Crippen LogP contribution in [0, 0.1) is 11.6 Å². The van der Waals surface area contributed by atoms with Crippen LogP contribution in [0.2, 0.25) is 0 Å². The molecule has 0 fully saturated rings. The number of nitrogens with two attached hydrogens (primary N) is 2. The standard InChI is InChI=1S/C32H38F2N4O4/c1-3-10-38(11-4-2)31(40)24-15-23(30(36)39)16-25(17-24)32(41)42-29(20-37-19-21-8-6-5-7-9-21)28(35)14-22-12-26(33)18-27(34)13-22/h5-9,12-13,15-18,28-29,37H,3-4,10-11,14,19-20,35H2,1-2H3,(H2,36,39)/t28-,29+/m0/s1. The molecule has 0 unspecified atom stereocenters. The largest absolute Gasteiger partial charge is 0.456 e. The third-order valence-electron chi connectivity index (χ3n) is 6.62. The first-order valence-electron chi connectivity index (χ1n) is 14.0. The van der Waals surface area contributed by atoms with E-state index in [1.807, 2.05) is 44.2 Å². The van der Waals surface area contributed by atoms with Gasteiger partial charge in [0.1, 0.15) is 17.7 Å². The zero-order valence-corrected chi connectivity index (χ0v) is 23.9. The number of amides is 2. The third-order valence-corrected chi connectivity index (χ3v) is 6.62. The minimum absolute atomic E-state index is 0.0148. The highest BCUT2D eigenvalue weighted by Gasteiger charge is 2.26. The van der Waals surface area contributed by atoms with Gasteiger partial charge in [-0.25, -0.2) is 13.6 Å². The monoisotopic (exact) mass is 580 g/mol. The quantitative estimate of drug-likeness (QED) is 0.231. The zero-order chi connectivity index (χ0) is 30.6. The van der Waals surface area contributed by atoms with Gasteiger partial charge in [0.15, 0.2) is 0 Å². The molecule has 2 atom stereocenters. The Balaban J connectivity index is 1.87. The molecule has 0 saturated heterocycles. The number of halogens is 2. The van der Waals surface area contributed by atoms with Gasteiger partial charge in [-0.1, -0.05) is 44.2 Å². The Morgan fingerprint density at radius 2 is 1.45 bits per heavy atom. The summed E-state index contributed by atoms with van der Waals surface area (Å²) in [6.45, 7) is 5.51. The third kappa shape index (κ3) is 9.46. The molecule has 10 heteroatoms. The number of hydrogen-bond donors (Lipinski definition) is 3. The van der Waals surface area contributed by atoms with Crippen LogP contribution in [0.1, 0.15) is 68.9 Å². The molecular weight excluding hydrogens is 542 g/mol. The summed E-state index contributed by atoms with van der Waals surface area (Å²) >= 11 is 0. The number of nitrogens with one attached hydrogen (secondary N) is 1. The minimum atomic E-state index is -0.930. The Morgan fingerprint density at radius 3 is 2.05 bits per heavy atom. The summed E-state index contributed by atoms with van der Waals surface area (Å²) in [6, 6.07) is 15.8. The molecule has 8 nitrogen and oxygen atoms in total. The van der Waals surface area contributed by atoms with Crippen molar-refractivity contribution < 1.29 is 27.9 Å². The van der Waals surface area contributed by atoms with Gasteiger partial charge in [0.2, 0.25) is 5.91 Å². The predicted molar refractivity (Wildman–Crippen MR) is 157 cm³/mol. The normalized spacial score (nSPS) is 12.4. The molecule has 0 spiro atoms. The number of esters is 1. The lowest BCUT2D eigenvalue weighted by Crippen LogP contribution is -2.46. The first-order valence-corrected chi connectivity index (χ1v) is 14.0. The van der Waals surface area contributed by atoms with E-state index in [1.54, 1.807) is 4.90 Å². The lowest BCUT2D eigenvalue weighted by Gasteiger charge is -2.25. The van der Waals surface area contributed by atoms with Crippen LogP contribution in [0.3, 0.4) is 0 Å². The van der Waals surface area contributed by atoms with Crippen LogP contribution in [0.25, 0.3) is 0 Å². The van der Waals surface area contributed by atoms with E-state index < -0.39 is 35.7 Å². The van der Waals surface area contributed by atoms with E-state index in [0.29, 0.717) is 25.2 Å². The Bertz CT molecular complexity index is 1340. The maximum atomic E-state index is 13.8. The molecule has 5 N–H and O–H groups in total. The molecule has 0 saturated carbocycles. The number of carbonyl (C=O) groups excluding carboxylic acids is 3. The van der Waals surface area contributed by atoms with E-state index in [4.69, 9.17) is 16.2 Å². The van der Waals surface area contributed by atoms with Crippen LogP contribution in [0.15, 0.2) is 66.7 Å². The summed E-state index contributed by atoms with van der Waals surface area (Å²) in [4.78, 5) is 40.4. The maximum Gasteiger partial charge on any atom is 0.338 e. The van der Waals surface area contributed by atoms with Gasteiger partial charge in [0.25, 0.3) is 5.91 Å². The van der Waals surface area contributed by atoms with Crippen molar-refractivity contribution in [3.05, 3.63) is 106 Å². The van der Waals surface area contributed by atoms with Crippen LogP contribution in [0.5, 0.6) is 0 Å². The lowest BCUT2D eigenvalue weighted by atomic mass is 10.0. The number of benzene rings is 3. The molecule has 0 aliphatic carbocycles. The smallest absolute Gasteiger partial charge is 0.338 e. The molecule has 3 aromatic carbocycles. The van der Waals surface area contributed by atoms with Gasteiger partial charge < -0.3 is 26.4 Å². The fourth-order valence-corrected chi connectivity index (χ4v) is 4.62. The number of nitrogens with zero attached hydrogens (tertiary/aromatic N) is 1. The SMILES string of the molecule is CCCN(CCC)C(=O)c1cc(C(N)=O)cc(C(=O)O[C@H](CNCc2ccccc2)[C@@H](N)Cc2cc(F)cc(F)c2)c1. The average molecular weight is 581 g/mol. The summed E-state index contributed by atoms with van der Waals surface area (Å²) in [5.74, 6) is -3.44. The van der Waals surface area contributed by atoms with E-state index >= 15 is 0 Å². The second-order valence-electron chi connectivity index (χ2n) is 10.2. The van der Waals surface area contributed by atoms with Gasteiger partial charge in [0.05, 0.1) is 5.56 Å². The van der Waals surface area contributed by atoms with Crippen molar-refractivity contribution in [2.75, 3.05) is 19.6 Å². The first-order chi connectivity index (χ1) is 20.1. The summed E-state index contributed by atoms with van der Waals surface area (Å²) in [7, 11) is 0. The second-order valence-corrected chi connectivity index (χ2v) is 10.2. The number of carbonyl (C=O) groups is 3. The highest BCUT2D eigenvalue weighted by Crippen LogP contribution is 2.17. The molecule has 0 radical (unpaired) electrons. The van der Waals surface area contributed by atoms with E-state index in [-0.39, 0.29) is 35.6 Å². The van der Waals surface area contributed by atoms with Gasteiger partial charge in [-0.05, 0) is 60.7 Å². The topological polar surface area (TPSA) is 128 Å². The number of rotatable bonds is 15. The summed E-state index contributed by atoms with van der Waals surface area (Å²) in [5, 5.41) is 3.21. The molecule has 2 amide bonds. The molecule has 0 aliphatic rings. The van der Waals surface area contributed by atoms with E-state index in [9.17, 15) is 23.2 Å².